The Morgan fingerprint density at radius 1 is 1.24 bits per heavy atom. The van der Waals surface area contributed by atoms with Gasteiger partial charge in [0.1, 0.15) is 5.75 Å². The van der Waals surface area contributed by atoms with E-state index < -0.39 is 6.36 Å². The van der Waals surface area contributed by atoms with Crippen molar-refractivity contribution in [1.82, 2.24) is 0 Å². The Hall–Kier alpha value is -2.22. The number of hydrogen-bond donors (Lipinski definition) is 1. The van der Waals surface area contributed by atoms with E-state index in [1.54, 1.807) is 11.0 Å². The van der Waals surface area contributed by atoms with Crippen molar-refractivity contribution >= 4 is 33.3 Å². The van der Waals surface area contributed by atoms with Crippen LogP contribution in [0.3, 0.4) is 0 Å². The van der Waals surface area contributed by atoms with Crippen molar-refractivity contribution in [2.24, 2.45) is 10.7 Å². The molecule has 25 heavy (non-hydrogen) atoms. The van der Waals surface area contributed by atoms with Crippen LogP contribution < -0.4 is 15.4 Å². The third-order valence-electron chi connectivity index (χ3n) is 3.43. The van der Waals surface area contributed by atoms with Crippen LogP contribution in [0.5, 0.6) is 5.75 Å². The number of hydrogen-bond acceptors (Lipinski definition) is 2. The summed E-state index contributed by atoms with van der Waals surface area (Å²) in [4.78, 5) is 5.54. The number of aryl methyl sites for hydroxylation is 1. The van der Waals surface area contributed by atoms with Crippen LogP contribution in [0, 0.1) is 0 Å². The number of halogens is 4. The predicted octanol–water partition coefficient (Wildman–Crippen LogP) is 4.99. The van der Waals surface area contributed by atoms with Gasteiger partial charge in [-0.05, 0) is 52.2 Å². The number of aliphatic imine (C=N–C) groups is 1. The normalized spacial score (nSPS) is 12.2. The Labute approximate surface area is 152 Å². The highest BCUT2D eigenvalue weighted by atomic mass is 79.9. The molecule has 2 aromatic rings. The summed E-state index contributed by atoms with van der Waals surface area (Å²) < 4.78 is 42.2. The lowest BCUT2D eigenvalue weighted by Crippen LogP contribution is -2.33. The van der Waals surface area contributed by atoms with Gasteiger partial charge >= 0.3 is 6.36 Å². The van der Waals surface area contributed by atoms with Gasteiger partial charge in [0, 0.05) is 17.6 Å². The zero-order valence-corrected chi connectivity index (χ0v) is 15.2. The fraction of sp³-hybridized carbons (Fsp3) is 0.235. The molecule has 0 aliphatic rings. The number of nitrogens with two attached hydrogens (primary N) is 1. The van der Waals surface area contributed by atoms with Crippen LogP contribution in [-0.4, -0.2) is 19.4 Å². The molecule has 0 amide bonds. The van der Waals surface area contributed by atoms with Gasteiger partial charge in [-0.25, -0.2) is 0 Å². The van der Waals surface area contributed by atoms with Gasteiger partial charge in [-0.1, -0.05) is 19.1 Å². The molecule has 0 aromatic heterocycles. The minimum absolute atomic E-state index is 0.137. The molecule has 0 heterocycles. The number of benzene rings is 2. The molecule has 134 valence electrons. The van der Waals surface area contributed by atoms with E-state index in [2.05, 4.69) is 25.7 Å². The quantitative estimate of drug-likeness (QED) is 0.564. The summed E-state index contributed by atoms with van der Waals surface area (Å²) in [5.41, 5.74) is 8.14. The first-order chi connectivity index (χ1) is 11.7. The third kappa shape index (κ3) is 4.88. The molecule has 2 rings (SSSR count). The largest absolute Gasteiger partial charge is 0.573 e. The Morgan fingerprint density at radius 2 is 1.96 bits per heavy atom. The summed E-state index contributed by atoms with van der Waals surface area (Å²) in [6.45, 7) is 2.01. The Kier molecular flexibility index (Phi) is 5.94. The van der Waals surface area contributed by atoms with Crippen LogP contribution in [0.1, 0.15) is 12.5 Å². The highest BCUT2D eigenvalue weighted by molar-refractivity contribution is 9.10. The van der Waals surface area contributed by atoms with Crippen LogP contribution in [0.15, 0.2) is 51.9 Å². The van der Waals surface area contributed by atoms with Crippen molar-refractivity contribution in [1.29, 1.82) is 0 Å². The first-order valence-corrected chi connectivity index (χ1v) is 8.21. The molecule has 0 aliphatic heterocycles. The van der Waals surface area contributed by atoms with E-state index in [1.807, 2.05) is 25.1 Å². The Balaban J connectivity index is 2.55. The number of ether oxygens (including phenoxy) is 1. The summed E-state index contributed by atoms with van der Waals surface area (Å²) in [6.07, 6.45) is -3.97. The predicted molar refractivity (Wildman–Crippen MR) is 96.3 cm³/mol. The van der Waals surface area contributed by atoms with Gasteiger partial charge in [-0.3, -0.25) is 9.89 Å². The lowest BCUT2D eigenvalue weighted by molar-refractivity contribution is -0.274. The van der Waals surface area contributed by atoms with E-state index >= 15 is 0 Å². The molecule has 0 unspecified atom stereocenters. The molecular formula is C17H17BrF3N3O. The average Bonchev–Trinajstić information content (AvgIpc) is 2.55. The summed E-state index contributed by atoms with van der Waals surface area (Å²) in [5, 5.41) is 0. The smallest absolute Gasteiger partial charge is 0.406 e. The Morgan fingerprint density at radius 3 is 2.56 bits per heavy atom. The van der Waals surface area contributed by atoms with E-state index in [0.29, 0.717) is 11.4 Å². The molecule has 0 spiro atoms. The second-order valence-corrected chi connectivity index (χ2v) is 5.96. The molecule has 2 N–H and O–H groups in total. The monoisotopic (exact) mass is 415 g/mol. The molecule has 4 nitrogen and oxygen atoms in total. The minimum atomic E-state index is -4.77. The molecule has 2 aromatic carbocycles. The molecule has 0 aliphatic carbocycles. The Bertz CT molecular complexity index is 778. The molecule has 0 fully saturated rings. The van der Waals surface area contributed by atoms with E-state index in [4.69, 9.17) is 5.73 Å². The van der Waals surface area contributed by atoms with Gasteiger partial charge in [-0.2, -0.15) is 0 Å². The topological polar surface area (TPSA) is 50.8 Å². The second-order valence-electron chi connectivity index (χ2n) is 5.10. The van der Waals surface area contributed by atoms with Gasteiger partial charge in [-0.15, -0.1) is 13.2 Å². The molecule has 0 radical (unpaired) electrons. The summed E-state index contributed by atoms with van der Waals surface area (Å²) in [6, 6.07) is 11.3. The van der Waals surface area contributed by atoms with Crippen LogP contribution >= 0.6 is 15.9 Å². The lowest BCUT2D eigenvalue weighted by Gasteiger charge is -2.26. The summed E-state index contributed by atoms with van der Waals surface area (Å²) in [5.74, 6) is -0.195. The molecule has 8 heteroatoms. The summed E-state index contributed by atoms with van der Waals surface area (Å²) >= 11 is 3.46. The zero-order valence-electron chi connectivity index (χ0n) is 13.6. The number of alkyl halides is 3. The maximum Gasteiger partial charge on any atom is 0.573 e. The van der Waals surface area contributed by atoms with E-state index in [1.165, 1.54) is 25.2 Å². The second kappa shape index (κ2) is 7.77. The van der Waals surface area contributed by atoms with Gasteiger partial charge < -0.3 is 10.5 Å². The SMILES string of the molecule is CCc1ccc(Br)c(N(C(N)=NC)c2cccc(OC(F)(F)F)c2)c1. The van der Waals surface area contributed by atoms with Crippen molar-refractivity contribution in [2.45, 2.75) is 19.7 Å². The van der Waals surface area contributed by atoms with Crippen LogP contribution in [0.2, 0.25) is 0 Å². The van der Waals surface area contributed by atoms with E-state index in [9.17, 15) is 13.2 Å². The number of anilines is 2. The van der Waals surface area contributed by atoms with Crippen LogP contribution in [0.4, 0.5) is 24.5 Å². The van der Waals surface area contributed by atoms with E-state index in [-0.39, 0.29) is 11.7 Å². The molecule has 0 atom stereocenters. The van der Waals surface area contributed by atoms with Gasteiger partial charge in [0.25, 0.3) is 0 Å². The van der Waals surface area contributed by atoms with Crippen molar-refractivity contribution in [3.63, 3.8) is 0 Å². The lowest BCUT2D eigenvalue weighted by atomic mass is 10.1. The maximum absolute atomic E-state index is 12.5. The molecule has 0 saturated carbocycles. The standard InChI is InChI=1S/C17H17BrF3N3O/c1-3-11-7-8-14(18)15(9-11)24(16(22)23-2)12-5-4-6-13(10-12)25-17(19,20)21/h4-10H,3H2,1-2H3,(H2,22,23). The van der Waals surface area contributed by atoms with Crippen molar-refractivity contribution in [3.05, 3.63) is 52.5 Å². The van der Waals surface area contributed by atoms with Gasteiger partial charge in [0.05, 0.1) is 11.4 Å². The minimum Gasteiger partial charge on any atom is -0.406 e. The first kappa shape index (κ1) is 19.1. The van der Waals surface area contributed by atoms with Crippen molar-refractivity contribution in [3.8, 4) is 5.75 Å². The number of rotatable bonds is 4. The van der Waals surface area contributed by atoms with Gasteiger partial charge in [0.2, 0.25) is 0 Å². The van der Waals surface area contributed by atoms with Gasteiger partial charge in [0.15, 0.2) is 5.96 Å². The van der Waals surface area contributed by atoms with Crippen molar-refractivity contribution in [2.75, 3.05) is 11.9 Å². The highest BCUT2D eigenvalue weighted by Crippen LogP contribution is 2.35. The summed E-state index contributed by atoms with van der Waals surface area (Å²) in [7, 11) is 1.51. The van der Waals surface area contributed by atoms with Crippen molar-refractivity contribution < 1.29 is 17.9 Å². The number of nitrogens with zero attached hydrogens (tertiary/aromatic N) is 2. The fourth-order valence-corrected chi connectivity index (χ4v) is 2.69. The first-order valence-electron chi connectivity index (χ1n) is 7.41. The zero-order chi connectivity index (χ0) is 18.6. The fourth-order valence-electron chi connectivity index (χ4n) is 2.26. The molecule has 0 bridgehead atoms. The highest BCUT2D eigenvalue weighted by Gasteiger charge is 2.31. The molecule has 0 saturated heterocycles. The third-order valence-corrected chi connectivity index (χ3v) is 4.10. The molecular weight excluding hydrogens is 399 g/mol. The van der Waals surface area contributed by atoms with Crippen LogP contribution in [-0.2, 0) is 6.42 Å². The number of guanidine groups is 1. The van der Waals surface area contributed by atoms with Crippen LogP contribution in [0.25, 0.3) is 0 Å². The van der Waals surface area contributed by atoms with E-state index in [0.717, 1.165) is 16.5 Å². The maximum atomic E-state index is 12.5. The average molecular weight is 416 g/mol.